The molecule has 0 bridgehead atoms. The fourth-order valence-corrected chi connectivity index (χ4v) is 4.88. The molecular formula is C24H29N5O. The topological polar surface area (TPSA) is 83.6 Å². The van der Waals surface area contributed by atoms with Crippen molar-refractivity contribution >= 4 is 23.6 Å². The first-order valence-electron chi connectivity index (χ1n) is 10.6. The second-order valence-corrected chi connectivity index (χ2v) is 8.31. The van der Waals surface area contributed by atoms with Gasteiger partial charge in [0, 0.05) is 25.5 Å². The lowest BCUT2D eigenvalue weighted by molar-refractivity contribution is -0.131. The third-order valence-electron chi connectivity index (χ3n) is 6.33. The number of aromatic nitrogens is 1. The Morgan fingerprint density at radius 2 is 2.13 bits per heavy atom. The Hall–Kier alpha value is -3.15. The molecule has 1 aromatic carbocycles. The van der Waals surface area contributed by atoms with Crippen LogP contribution in [0, 0.1) is 5.92 Å². The fourth-order valence-electron chi connectivity index (χ4n) is 4.88. The molecule has 4 rings (SSSR count). The number of guanidine groups is 1. The Morgan fingerprint density at radius 3 is 2.83 bits per heavy atom. The first-order chi connectivity index (χ1) is 14.5. The number of anilines is 1. The summed E-state index contributed by atoms with van der Waals surface area (Å²) in [5.41, 5.74) is 7.99. The summed E-state index contributed by atoms with van der Waals surface area (Å²) >= 11 is 0. The van der Waals surface area contributed by atoms with Gasteiger partial charge in [-0.25, -0.2) is 4.99 Å². The van der Waals surface area contributed by atoms with Gasteiger partial charge in [-0.05, 0) is 48.4 Å². The molecule has 2 aromatic rings. The standard InChI is InChI=1S/C24H29N5O/c1-3-18-9-4-5-12-21(18)24(22(30)29(2)23(25)28-24)15-17-8-6-10-19(14-17)27-20-11-7-13-26-16-20/h3-5,7,9,11-13,16-17,19,27H,1,6,8,10,14-15H2,2H3,(H2,25,28)/t17-,19-,24+/m0/s1. The molecule has 3 atom stereocenters. The molecule has 2 heterocycles. The van der Waals surface area contributed by atoms with Gasteiger partial charge in [0.1, 0.15) is 0 Å². The molecule has 1 aliphatic carbocycles. The average Bonchev–Trinajstić information content (AvgIpc) is 2.99. The molecule has 1 aliphatic heterocycles. The van der Waals surface area contributed by atoms with Gasteiger partial charge in [-0.1, -0.05) is 49.8 Å². The van der Waals surface area contributed by atoms with Crippen LogP contribution in [0.3, 0.4) is 0 Å². The lowest BCUT2D eigenvalue weighted by atomic mass is 9.73. The van der Waals surface area contributed by atoms with Crippen molar-refractivity contribution in [2.75, 3.05) is 12.4 Å². The number of carbonyl (C=O) groups excluding carboxylic acids is 1. The van der Waals surface area contributed by atoms with Crippen molar-refractivity contribution in [3.8, 4) is 0 Å². The molecule has 30 heavy (non-hydrogen) atoms. The molecule has 0 unspecified atom stereocenters. The first-order valence-corrected chi connectivity index (χ1v) is 10.6. The van der Waals surface area contributed by atoms with Crippen molar-refractivity contribution in [1.29, 1.82) is 0 Å². The van der Waals surface area contributed by atoms with Crippen LogP contribution >= 0.6 is 0 Å². The van der Waals surface area contributed by atoms with E-state index < -0.39 is 5.54 Å². The molecule has 2 aliphatic rings. The van der Waals surface area contributed by atoms with E-state index in [0.29, 0.717) is 18.4 Å². The monoisotopic (exact) mass is 403 g/mol. The number of pyridine rings is 1. The second-order valence-electron chi connectivity index (χ2n) is 8.31. The number of rotatable bonds is 6. The predicted molar refractivity (Wildman–Crippen MR) is 121 cm³/mol. The number of likely N-dealkylation sites (N-methyl/N-ethyl adjacent to an activating group) is 1. The van der Waals surface area contributed by atoms with Gasteiger partial charge in [0.05, 0.1) is 5.69 Å². The van der Waals surface area contributed by atoms with Crippen molar-refractivity contribution < 1.29 is 4.79 Å². The Labute approximate surface area is 177 Å². The molecule has 0 spiro atoms. The smallest absolute Gasteiger partial charge is 0.261 e. The number of nitrogens with one attached hydrogen (secondary N) is 1. The summed E-state index contributed by atoms with van der Waals surface area (Å²) in [6.07, 6.45) is 10.4. The maximum atomic E-state index is 13.4. The van der Waals surface area contributed by atoms with Crippen LogP contribution < -0.4 is 11.1 Å². The molecule has 1 fully saturated rings. The summed E-state index contributed by atoms with van der Waals surface area (Å²) in [4.78, 5) is 23.9. The van der Waals surface area contributed by atoms with E-state index in [2.05, 4.69) is 16.9 Å². The maximum absolute atomic E-state index is 13.4. The molecule has 1 aromatic heterocycles. The minimum atomic E-state index is -0.982. The Morgan fingerprint density at radius 1 is 1.30 bits per heavy atom. The second kappa shape index (κ2) is 8.30. The minimum absolute atomic E-state index is 0.0587. The number of nitrogens with two attached hydrogens (primary N) is 1. The molecule has 0 saturated heterocycles. The zero-order valence-electron chi connectivity index (χ0n) is 17.4. The van der Waals surface area contributed by atoms with Gasteiger partial charge in [0.25, 0.3) is 5.91 Å². The third kappa shape index (κ3) is 3.70. The van der Waals surface area contributed by atoms with Crippen molar-refractivity contribution in [3.63, 3.8) is 0 Å². The summed E-state index contributed by atoms with van der Waals surface area (Å²) in [5.74, 6) is 0.578. The Kier molecular flexibility index (Phi) is 5.57. The van der Waals surface area contributed by atoms with Crippen molar-refractivity contribution in [3.05, 3.63) is 66.5 Å². The molecule has 6 heteroatoms. The lowest BCUT2D eigenvalue weighted by Gasteiger charge is -2.35. The SMILES string of the molecule is C=Cc1ccccc1[C@@]1(C[C@H]2CCC[C@H](Nc3cccnc3)C2)N=C(N)N(C)C1=O. The molecular weight excluding hydrogens is 374 g/mol. The van der Waals surface area contributed by atoms with Gasteiger partial charge >= 0.3 is 0 Å². The normalized spacial score (nSPS) is 26.4. The van der Waals surface area contributed by atoms with E-state index in [1.165, 1.54) is 4.90 Å². The summed E-state index contributed by atoms with van der Waals surface area (Å²) in [6, 6.07) is 12.2. The molecule has 3 N–H and O–H groups in total. The number of carbonyl (C=O) groups is 1. The molecule has 1 saturated carbocycles. The Balaban J connectivity index is 1.61. The van der Waals surface area contributed by atoms with Crippen molar-refractivity contribution in [1.82, 2.24) is 9.88 Å². The molecule has 0 radical (unpaired) electrons. The van der Waals surface area contributed by atoms with Crippen LogP contribution in [0.15, 0.2) is 60.4 Å². The van der Waals surface area contributed by atoms with Crippen molar-refractivity contribution in [2.24, 2.45) is 16.6 Å². The predicted octanol–water partition coefficient (Wildman–Crippen LogP) is 3.77. The van der Waals surface area contributed by atoms with Gasteiger partial charge in [-0.2, -0.15) is 0 Å². The van der Waals surface area contributed by atoms with Gasteiger partial charge in [-0.3, -0.25) is 14.7 Å². The van der Waals surface area contributed by atoms with E-state index in [-0.39, 0.29) is 11.9 Å². The largest absolute Gasteiger partial charge is 0.381 e. The van der Waals surface area contributed by atoms with E-state index in [0.717, 1.165) is 42.5 Å². The molecule has 156 valence electrons. The summed E-state index contributed by atoms with van der Waals surface area (Å²) < 4.78 is 0. The van der Waals surface area contributed by atoms with Gasteiger partial charge in [-0.15, -0.1) is 0 Å². The van der Waals surface area contributed by atoms with E-state index in [1.54, 1.807) is 19.3 Å². The van der Waals surface area contributed by atoms with E-state index in [4.69, 9.17) is 10.7 Å². The maximum Gasteiger partial charge on any atom is 0.261 e. The quantitative estimate of drug-likeness (QED) is 0.769. The summed E-state index contributed by atoms with van der Waals surface area (Å²) in [6.45, 7) is 3.94. The highest BCUT2D eigenvalue weighted by Crippen LogP contribution is 2.43. The van der Waals surface area contributed by atoms with Crippen LogP contribution in [0.5, 0.6) is 0 Å². The summed E-state index contributed by atoms with van der Waals surface area (Å²) in [7, 11) is 1.70. The number of hydrogen-bond acceptors (Lipinski definition) is 5. The van der Waals surface area contributed by atoms with Crippen molar-refractivity contribution in [2.45, 2.75) is 43.7 Å². The van der Waals surface area contributed by atoms with Crippen LogP contribution in [0.4, 0.5) is 5.69 Å². The van der Waals surface area contributed by atoms with Gasteiger partial charge in [0.15, 0.2) is 11.5 Å². The van der Waals surface area contributed by atoms with Gasteiger partial charge in [0.2, 0.25) is 0 Å². The third-order valence-corrected chi connectivity index (χ3v) is 6.33. The highest BCUT2D eigenvalue weighted by molar-refractivity contribution is 6.07. The highest BCUT2D eigenvalue weighted by atomic mass is 16.2. The summed E-state index contributed by atoms with van der Waals surface area (Å²) in [5, 5.41) is 3.60. The molecule has 1 amide bonds. The average molecular weight is 404 g/mol. The van der Waals surface area contributed by atoms with Crippen LogP contribution in [-0.2, 0) is 10.3 Å². The fraction of sp³-hybridized carbons (Fsp3) is 0.375. The number of amides is 1. The van der Waals surface area contributed by atoms with E-state index >= 15 is 0 Å². The van der Waals surface area contributed by atoms with Crippen LogP contribution in [0.1, 0.15) is 43.2 Å². The highest BCUT2D eigenvalue weighted by Gasteiger charge is 2.50. The number of aliphatic imine (C=N–C) groups is 1. The first kappa shape index (κ1) is 20.1. The number of nitrogens with zero attached hydrogens (tertiary/aromatic N) is 3. The Bertz CT molecular complexity index is 957. The van der Waals surface area contributed by atoms with E-state index in [1.807, 2.05) is 42.6 Å². The van der Waals surface area contributed by atoms with Gasteiger partial charge < -0.3 is 11.1 Å². The van der Waals surface area contributed by atoms with Crippen LogP contribution in [0.2, 0.25) is 0 Å². The molecule has 6 nitrogen and oxygen atoms in total. The number of benzene rings is 1. The van der Waals surface area contributed by atoms with Crippen LogP contribution in [0.25, 0.3) is 6.08 Å². The zero-order valence-corrected chi connectivity index (χ0v) is 17.4. The van der Waals surface area contributed by atoms with Crippen LogP contribution in [-0.4, -0.2) is 34.8 Å². The number of hydrogen-bond donors (Lipinski definition) is 2. The zero-order chi connectivity index (χ0) is 21.1. The van der Waals surface area contributed by atoms with E-state index in [9.17, 15) is 4.79 Å². The lowest BCUT2D eigenvalue weighted by Crippen LogP contribution is -2.42. The minimum Gasteiger partial charge on any atom is -0.381 e.